The Morgan fingerprint density at radius 2 is 1.58 bits per heavy atom. The monoisotopic (exact) mass is 421 g/mol. The molecule has 31 heavy (non-hydrogen) atoms. The lowest BCUT2D eigenvalue weighted by Crippen LogP contribution is -2.38. The molecule has 1 atom stereocenters. The first-order valence-corrected chi connectivity index (χ1v) is 10.7. The van der Waals surface area contributed by atoms with Gasteiger partial charge in [0.2, 0.25) is 0 Å². The number of aliphatic hydroxyl groups is 1. The number of aliphatic hydroxyl groups excluding tert-OH is 1. The minimum absolute atomic E-state index is 0.133. The summed E-state index contributed by atoms with van der Waals surface area (Å²) in [7, 11) is 3.92. The third-order valence-corrected chi connectivity index (χ3v) is 5.86. The predicted molar refractivity (Wildman–Crippen MR) is 124 cm³/mol. The Labute approximate surface area is 184 Å². The van der Waals surface area contributed by atoms with Crippen LogP contribution in [-0.4, -0.2) is 66.9 Å². The first-order valence-electron chi connectivity index (χ1n) is 10.7. The van der Waals surface area contributed by atoms with Crippen LogP contribution >= 0.6 is 0 Å². The van der Waals surface area contributed by atoms with Gasteiger partial charge in [0.1, 0.15) is 5.76 Å². The van der Waals surface area contributed by atoms with Crippen LogP contribution in [0, 0.1) is 0 Å². The number of carbonyl (C=O) groups excluding carboxylic acids is 2. The average Bonchev–Trinajstić information content (AvgIpc) is 3.04. The predicted octanol–water partition coefficient (Wildman–Crippen LogP) is 3.52. The lowest BCUT2D eigenvalue weighted by molar-refractivity contribution is -0.140. The van der Waals surface area contributed by atoms with Crippen LogP contribution < -0.4 is 4.90 Å². The van der Waals surface area contributed by atoms with Gasteiger partial charge in [-0.15, -0.1) is 0 Å². The van der Waals surface area contributed by atoms with E-state index in [4.69, 9.17) is 0 Å². The molecular weight excluding hydrogens is 390 g/mol. The van der Waals surface area contributed by atoms with Crippen molar-refractivity contribution in [2.75, 3.05) is 45.2 Å². The molecule has 1 aliphatic heterocycles. The summed E-state index contributed by atoms with van der Waals surface area (Å²) < 4.78 is 0. The minimum atomic E-state index is -0.636. The molecule has 1 aliphatic rings. The van der Waals surface area contributed by atoms with Gasteiger partial charge < -0.3 is 19.8 Å². The standard InChI is InChI=1S/C25H31N3O3/c1-5-27(6-2)16-17-28-22(18-12-14-20(15-13-18)26(3)4)21(24(30)25(28)31)23(29)19-10-8-7-9-11-19/h7-15,22,29H,5-6,16-17H2,1-4H3. The highest BCUT2D eigenvalue weighted by Crippen LogP contribution is 2.39. The molecule has 2 aromatic carbocycles. The fourth-order valence-electron chi connectivity index (χ4n) is 3.95. The van der Waals surface area contributed by atoms with E-state index in [0.717, 1.165) is 24.3 Å². The topological polar surface area (TPSA) is 64.1 Å². The van der Waals surface area contributed by atoms with Crippen LogP contribution in [0.1, 0.15) is 31.0 Å². The number of rotatable bonds is 8. The van der Waals surface area contributed by atoms with Gasteiger partial charge in [-0.05, 0) is 30.8 Å². The van der Waals surface area contributed by atoms with Crippen molar-refractivity contribution in [3.63, 3.8) is 0 Å². The van der Waals surface area contributed by atoms with E-state index in [1.165, 1.54) is 0 Å². The van der Waals surface area contributed by atoms with E-state index in [1.807, 2.05) is 49.3 Å². The maximum Gasteiger partial charge on any atom is 0.295 e. The quantitative estimate of drug-likeness (QED) is 0.401. The van der Waals surface area contributed by atoms with Crippen LogP contribution in [0.3, 0.4) is 0 Å². The number of hydrogen-bond donors (Lipinski definition) is 1. The van der Waals surface area contributed by atoms with Gasteiger partial charge >= 0.3 is 0 Å². The van der Waals surface area contributed by atoms with Crippen molar-refractivity contribution in [3.05, 3.63) is 71.3 Å². The van der Waals surface area contributed by atoms with E-state index in [2.05, 4.69) is 18.7 Å². The minimum Gasteiger partial charge on any atom is -0.507 e. The Morgan fingerprint density at radius 3 is 2.13 bits per heavy atom. The van der Waals surface area contributed by atoms with Gasteiger partial charge in [0.25, 0.3) is 11.7 Å². The number of carbonyl (C=O) groups is 2. The van der Waals surface area contributed by atoms with E-state index in [-0.39, 0.29) is 11.3 Å². The second kappa shape index (κ2) is 9.79. The second-order valence-electron chi connectivity index (χ2n) is 7.87. The van der Waals surface area contributed by atoms with E-state index in [0.29, 0.717) is 18.7 Å². The van der Waals surface area contributed by atoms with Crippen molar-refractivity contribution in [1.82, 2.24) is 9.80 Å². The fraction of sp³-hybridized carbons (Fsp3) is 0.360. The molecule has 0 aromatic heterocycles. The van der Waals surface area contributed by atoms with Gasteiger partial charge in [-0.3, -0.25) is 9.59 Å². The van der Waals surface area contributed by atoms with Crippen molar-refractivity contribution >= 4 is 23.1 Å². The van der Waals surface area contributed by atoms with Crippen LogP contribution in [0.15, 0.2) is 60.2 Å². The third kappa shape index (κ3) is 4.64. The van der Waals surface area contributed by atoms with Gasteiger partial charge in [0.15, 0.2) is 0 Å². The summed E-state index contributed by atoms with van der Waals surface area (Å²) in [4.78, 5) is 31.8. The summed E-state index contributed by atoms with van der Waals surface area (Å²) in [6.07, 6.45) is 0. The van der Waals surface area contributed by atoms with Crippen LogP contribution in [-0.2, 0) is 9.59 Å². The Balaban J connectivity index is 2.08. The van der Waals surface area contributed by atoms with Crippen LogP contribution in [0.5, 0.6) is 0 Å². The van der Waals surface area contributed by atoms with Crippen molar-refractivity contribution in [2.45, 2.75) is 19.9 Å². The summed E-state index contributed by atoms with van der Waals surface area (Å²) in [5.74, 6) is -1.33. The molecule has 0 spiro atoms. The van der Waals surface area contributed by atoms with Crippen molar-refractivity contribution in [3.8, 4) is 0 Å². The van der Waals surface area contributed by atoms with E-state index in [9.17, 15) is 14.7 Å². The highest BCUT2D eigenvalue weighted by molar-refractivity contribution is 6.46. The number of anilines is 1. The molecule has 1 fully saturated rings. The van der Waals surface area contributed by atoms with Gasteiger partial charge in [-0.1, -0.05) is 56.3 Å². The first kappa shape index (κ1) is 22.6. The maximum absolute atomic E-state index is 13.0. The van der Waals surface area contributed by atoms with Gasteiger partial charge in [0, 0.05) is 38.4 Å². The molecular formula is C25H31N3O3. The molecule has 164 valence electrons. The number of Topliss-reactive ketones (excluding diaryl/α,β-unsaturated/α-hetero) is 1. The van der Waals surface area contributed by atoms with E-state index < -0.39 is 17.7 Å². The highest BCUT2D eigenvalue weighted by atomic mass is 16.3. The molecule has 6 nitrogen and oxygen atoms in total. The summed E-state index contributed by atoms with van der Waals surface area (Å²) >= 11 is 0. The molecule has 2 aromatic rings. The second-order valence-corrected chi connectivity index (χ2v) is 7.87. The zero-order valence-corrected chi connectivity index (χ0v) is 18.7. The molecule has 0 aliphatic carbocycles. The number of benzene rings is 2. The Hall–Kier alpha value is -3.12. The molecule has 1 N–H and O–H groups in total. The Kier molecular flexibility index (Phi) is 7.13. The molecule has 1 amide bonds. The lowest BCUT2D eigenvalue weighted by Gasteiger charge is -2.28. The number of likely N-dealkylation sites (tertiary alicyclic amines) is 1. The smallest absolute Gasteiger partial charge is 0.295 e. The van der Waals surface area contributed by atoms with E-state index in [1.54, 1.807) is 29.2 Å². The summed E-state index contributed by atoms with van der Waals surface area (Å²) in [6, 6.07) is 16.1. The Bertz CT molecular complexity index is 948. The molecule has 0 radical (unpaired) electrons. The summed E-state index contributed by atoms with van der Waals surface area (Å²) in [5, 5.41) is 11.0. The molecule has 6 heteroatoms. The maximum atomic E-state index is 13.0. The SMILES string of the molecule is CCN(CC)CCN1C(=O)C(=O)C(=C(O)c2ccccc2)C1c1ccc(N(C)C)cc1. The molecule has 0 saturated carbocycles. The summed E-state index contributed by atoms with van der Waals surface area (Å²) in [5.41, 5.74) is 2.50. The van der Waals surface area contributed by atoms with Crippen molar-refractivity contribution in [2.24, 2.45) is 0 Å². The molecule has 1 saturated heterocycles. The van der Waals surface area contributed by atoms with Crippen molar-refractivity contribution in [1.29, 1.82) is 0 Å². The number of hydrogen-bond acceptors (Lipinski definition) is 5. The number of ketones is 1. The lowest BCUT2D eigenvalue weighted by atomic mass is 9.95. The average molecular weight is 422 g/mol. The molecule has 1 heterocycles. The van der Waals surface area contributed by atoms with E-state index >= 15 is 0 Å². The fourth-order valence-corrected chi connectivity index (χ4v) is 3.95. The van der Waals surface area contributed by atoms with Crippen LogP contribution in [0.2, 0.25) is 0 Å². The van der Waals surface area contributed by atoms with Crippen molar-refractivity contribution < 1.29 is 14.7 Å². The number of amides is 1. The highest BCUT2D eigenvalue weighted by Gasteiger charge is 2.45. The third-order valence-electron chi connectivity index (χ3n) is 5.86. The normalized spacial score (nSPS) is 18.1. The van der Waals surface area contributed by atoms with Crippen LogP contribution in [0.4, 0.5) is 5.69 Å². The van der Waals surface area contributed by atoms with Gasteiger partial charge in [0.05, 0.1) is 11.6 Å². The molecule has 3 rings (SSSR count). The molecule has 1 unspecified atom stereocenters. The largest absolute Gasteiger partial charge is 0.507 e. The molecule has 0 bridgehead atoms. The zero-order chi connectivity index (χ0) is 22.5. The zero-order valence-electron chi connectivity index (χ0n) is 18.7. The number of likely N-dealkylation sites (N-methyl/N-ethyl adjacent to an activating group) is 1. The Morgan fingerprint density at radius 1 is 0.968 bits per heavy atom. The van der Waals surface area contributed by atoms with Gasteiger partial charge in [-0.25, -0.2) is 0 Å². The van der Waals surface area contributed by atoms with Crippen LogP contribution in [0.25, 0.3) is 5.76 Å². The number of nitrogens with zero attached hydrogens (tertiary/aromatic N) is 3. The summed E-state index contributed by atoms with van der Waals surface area (Å²) in [6.45, 7) is 6.96. The van der Waals surface area contributed by atoms with Gasteiger partial charge in [-0.2, -0.15) is 0 Å². The first-order chi connectivity index (χ1) is 14.9.